The first-order chi connectivity index (χ1) is 12.5. The molecule has 0 aliphatic rings. The highest BCUT2D eigenvalue weighted by Gasteiger charge is 2.24. The highest BCUT2D eigenvalue weighted by Crippen LogP contribution is 2.32. The molecule has 0 aliphatic heterocycles. The lowest BCUT2D eigenvalue weighted by molar-refractivity contribution is 0.0513. The van der Waals surface area contributed by atoms with Crippen LogP contribution in [0.25, 0.3) is 10.6 Å². The number of esters is 1. The van der Waals surface area contributed by atoms with E-state index in [9.17, 15) is 9.59 Å². The fourth-order valence-corrected chi connectivity index (χ4v) is 3.85. The minimum absolute atomic E-state index is 0.256. The van der Waals surface area contributed by atoms with E-state index in [1.165, 1.54) is 11.3 Å². The van der Waals surface area contributed by atoms with Gasteiger partial charge in [-0.1, -0.05) is 16.8 Å². The molecular weight excluding hydrogens is 376 g/mol. The van der Waals surface area contributed by atoms with Crippen molar-refractivity contribution in [1.29, 1.82) is 0 Å². The van der Waals surface area contributed by atoms with E-state index in [2.05, 4.69) is 5.16 Å². The number of nitrogens with zero attached hydrogens (tertiary/aromatic N) is 2. The van der Waals surface area contributed by atoms with Gasteiger partial charge in [-0.3, -0.25) is 4.79 Å². The topological polar surface area (TPSA) is 74.3 Å². The Morgan fingerprint density at radius 1 is 1.42 bits per heavy atom. The van der Waals surface area contributed by atoms with Crippen LogP contribution in [0.4, 0.5) is 0 Å². The van der Waals surface area contributed by atoms with Crippen molar-refractivity contribution in [2.45, 2.75) is 27.3 Å². The highest BCUT2D eigenvalue weighted by molar-refractivity contribution is 7.19. The van der Waals surface area contributed by atoms with Crippen LogP contribution in [0.15, 0.2) is 22.7 Å². The summed E-state index contributed by atoms with van der Waals surface area (Å²) in [6, 6.07) is 5.45. The molecule has 0 aliphatic carbocycles. The van der Waals surface area contributed by atoms with Crippen molar-refractivity contribution >= 4 is 35.2 Å². The molecule has 0 aromatic carbocycles. The third-order valence-electron chi connectivity index (χ3n) is 4.11. The fraction of sp³-hybridized carbons (Fsp3) is 0.278. The van der Waals surface area contributed by atoms with Gasteiger partial charge >= 0.3 is 5.97 Å². The van der Waals surface area contributed by atoms with Gasteiger partial charge in [0.1, 0.15) is 11.4 Å². The van der Waals surface area contributed by atoms with Crippen LogP contribution in [0.5, 0.6) is 0 Å². The average molecular weight is 393 g/mol. The largest absolute Gasteiger partial charge is 0.461 e. The molecule has 0 unspecified atom stereocenters. The summed E-state index contributed by atoms with van der Waals surface area (Å²) in [6.45, 7) is 5.81. The third-order valence-corrected chi connectivity index (χ3v) is 5.35. The van der Waals surface area contributed by atoms with Crippen LogP contribution in [0.2, 0.25) is 4.34 Å². The number of aromatic nitrogens is 2. The predicted octanol–water partition coefficient (Wildman–Crippen LogP) is 4.51. The first-order valence-corrected chi connectivity index (χ1v) is 9.19. The molecule has 0 fully saturated rings. The maximum absolute atomic E-state index is 12.4. The molecule has 26 heavy (non-hydrogen) atoms. The van der Waals surface area contributed by atoms with Gasteiger partial charge in [0.25, 0.3) is 0 Å². The first kappa shape index (κ1) is 18.4. The Hall–Kier alpha value is -2.38. The Morgan fingerprint density at radius 2 is 2.19 bits per heavy atom. The van der Waals surface area contributed by atoms with E-state index in [4.69, 9.17) is 20.9 Å². The molecule has 3 rings (SSSR count). The van der Waals surface area contributed by atoms with Crippen molar-refractivity contribution in [3.8, 4) is 10.6 Å². The Labute approximate surface area is 159 Å². The molecule has 0 spiro atoms. The summed E-state index contributed by atoms with van der Waals surface area (Å²) in [4.78, 5) is 24.7. The van der Waals surface area contributed by atoms with Crippen LogP contribution in [0.3, 0.4) is 0 Å². The molecule has 0 saturated carbocycles. The second-order valence-corrected chi connectivity index (χ2v) is 7.40. The lowest BCUT2D eigenvalue weighted by Crippen LogP contribution is -2.15. The van der Waals surface area contributed by atoms with E-state index in [1.54, 1.807) is 37.5 Å². The van der Waals surface area contributed by atoms with Crippen molar-refractivity contribution in [3.63, 3.8) is 0 Å². The molecule has 6 nitrogen and oxygen atoms in total. The number of hydrogen-bond acceptors (Lipinski definition) is 6. The van der Waals surface area contributed by atoms with Gasteiger partial charge in [-0.2, -0.15) is 0 Å². The number of carbonyl (C=O) groups excluding carboxylic acids is 2. The summed E-state index contributed by atoms with van der Waals surface area (Å²) in [6.07, 6.45) is 0.756. The third kappa shape index (κ3) is 3.32. The minimum atomic E-state index is -0.463. The molecule has 0 amide bonds. The molecule has 0 saturated heterocycles. The number of thiophene rings is 1. The molecule has 3 heterocycles. The zero-order valence-electron chi connectivity index (χ0n) is 14.5. The van der Waals surface area contributed by atoms with Gasteiger partial charge in [0, 0.05) is 17.3 Å². The molecule has 136 valence electrons. The van der Waals surface area contributed by atoms with Gasteiger partial charge < -0.3 is 13.8 Å². The second-order valence-electron chi connectivity index (χ2n) is 5.68. The standard InChI is InChI=1S/C18H17ClN2O4S/c1-4-24-18(23)17-10(2)13(9-22)11(3)21(17)8-12-7-14(25-20-12)15-5-6-16(19)26-15/h5-7,9H,4,8H2,1-3H3. The second kappa shape index (κ2) is 7.47. The van der Waals surface area contributed by atoms with Gasteiger partial charge in [0.2, 0.25) is 0 Å². The summed E-state index contributed by atoms with van der Waals surface area (Å²) in [5, 5.41) is 4.08. The molecule has 0 atom stereocenters. The Balaban J connectivity index is 1.98. The number of ether oxygens (including phenoxy) is 1. The van der Waals surface area contributed by atoms with Crippen molar-refractivity contribution in [2.75, 3.05) is 6.61 Å². The molecule has 0 bridgehead atoms. The Bertz CT molecular complexity index is 970. The summed E-state index contributed by atoms with van der Waals surface area (Å²) >= 11 is 7.35. The molecular formula is C18H17ClN2O4S. The van der Waals surface area contributed by atoms with E-state index in [1.807, 2.05) is 6.07 Å². The summed E-state index contributed by atoms with van der Waals surface area (Å²) in [5.74, 6) is 0.140. The Kier molecular flexibility index (Phi) is 5.29. The monoisotopic (exact) mass is 392 g/mol. The fourth-order valence-electron chi connectivity index (χ4n) is 2.86. The quantitative estimate of drug-likeness (QED) is 0.455. The van der Waals surface area contributed by atoms with Crippen LogP contribution in [0.1, 0.15) is 44.7 Å². The van der Waals surface area contributed by atoms with Crippen molar-refractivity contribution in [2.24, 2.45) is 0 Å². The summed E-state index contributed by atoms with van der Waals surface area (Å²) in [5.41, 5.74) is 2.76. The normalized spacial score (nSPS) is 10.9. The number of hydrogen-bond donors (Lipinski definition) is 0. The lowest BCUT2D eigenvalue weighted by Gasteiger charge is -2.09. The molecule has 3 aromatic rings. The number of halogens is 1. The van der Waals surface area contributed by atoms with E-state index >= 15 is 0 Å². The smallest absolute Gasteiger partial charge is 0.355 e. The zero-order chi connectivity index (χ0) is 18.8. The van der Waals surface area contributed by atoms with Crippen molar-refractivity contribution in [3.05, 3.63) is 50.7 Å². The highest BCUT2D eigenvalue weighted by atomic mass is 35.5. The van der Waals surface area contributed by atoms with Crippen molar-refractivity contribution in [1.82, 2.24) is 9.72 Å². The maximum atomic E-state index is 12.4. The number of aldehydes is 1. The lowest BCUT2D eigenvalue weighted by atomic mass is 10.1. The van der Waals surface area contributed by atoms with Gasteiger partial charge in [-0.15, -0.1) is 11.3 Å². The van der Waals surface area contributed by atoms with Gasteiger partial charge in [-0.25, -0.2) is 4.79 Å². The average Bonchev–Trinajstić information content (AvgIpc) is 3.28. The zero-order valence-corrected chi connectivity index (χ0v) is 16.1. The molecule has 0 N–H and O–H groups in total. The van der Waals surface area contributed by atoms with Crippen LogP contribution in [-0.4, -0.2) is 28.6 Å². The van der Waals surface area contributed by atoms with Crippen LogP contribution >= 0.6 is 22.9 Å². The van der Waals surface area contributed by atoms with Crippen LogP contribution in [-0.2, 0) is 11.3 Å². The predicted molar refractivity (Wildman–Crippen MR) is 99.2 cm³/mol. The van der Waals surface area contributed by atoms with E-state index in [-0.39, 0.29) is 13.2 Å². The minimum Gasteiger partial charge on any atom is -0.461 e. The Morgan fingerprint density at radius 3 is 2.81 bits per heavy atom. The summed E-state index contributed by atoms with van der Waals surface area (Å²) in [7, 11) is 0. The first-order valence-electron chi connectivity index (χ1n) is 7.99. The van der Waals surface area contributed by atoms with Gasteiger partial charge in [0.05, 0.1) is 22.4 Å². The SMILES string of the molecule is CCOC(=O)c1c(C)c(C=O)c(C)n1Cc1cc(-c2ccc(Cl)s2)on1. The van der Waals surface area contributed by atoms with Gasteiger partial charge in [-0.05, 0) is 38.5 Å². The maximum Gasteiger partial charge on any atom is 0.355 e. The number of rotatable bonds is 6. The molecule has 8 heteroatoms. The van der Waals surface area contributed by atoms with Gasteiger partial charge in [0.15, 0.2) is 12.0 Å². The number of carbonyl (C=O) groups is 2. The van der Waals surface area contributed by atoms with Crippen molar-refractivity contribution < 1.29 is 18.8 Å². The molecule has 3 aromatic heterocycles. The molecule has 0 radical (unpaired) electrons. The van der Waals surface area contributed by atoms with E-state index < -0.39 is 5.97 Å². The van der Waals surface area contributed by atoms with E-state index in [0.29, 0.717) is 38.3 Å². The summed E-state index contributed by atoms with van der Waals surface area (Å²) < 4.78 is 12.9. The van der Waals surface area contributed by atoms with Crippen LogP contribution < -0.4 is 0 Å². The van der Waals surface area contributed by atoms with E-state index in [0.717, 1.165) is 11.2 Å². The van der Waals surface area contributed by atoms with Crippen LogP contribution in [0, 0.1) is 13.8 Å².